The number of rotatable bonds is 2. The molecule has 15 heavy (non-hydrogen) atoms. The third-order valence-electron chi connectivity index (χ3n) is 1.85. The molecule has 2 aromatic rings. The largest absolute Gasteiger partial charge is 0.444 e. The summed E-state index contributed by atoms with van der Waals surface area (Å²) < 4.78 is 5.18. The Morgan fingerprint density at radius 2 is 2.33 bits per heavy atom. The van der Waals surface area contributed by atoms with Crippen LogP contribution in [0.3, 0.4) is 0 Å². The highest BCUT2D eigenvalue weighted by molar-refractivity contribution is 7.80. The molecule has 0 saturated carbocycles. The highest BCUT2D eigenvalue weighted by Gasteiger charge is 2.02. The topological polar surface area (TPSA) is 64.1 Å². The van der Waals surface area contributed by atoms with E-state index in [-0.39, 0.29) is 5.11 Å². The molecule has 0 radical (unpaired) electrons. The standard InChI is InChI=1S/C10H9N3OS/c11-10(15)13-8-3-1-2-7(4-8)9-5-12-6-14-9/h1-6H,(H3,11,13,15). The summed E-state index contributed by atoms with van der Waals surface area (Å²) in [4.78, 5) is 3.85. The maximum absolute atomic E-state index is 5.38. The third kappa shape index (κ3) is 2.32. The molecule has 0 aliphatic heterocycles. The zero-order valence-electron chi connectivity index (χ0n) is 7.81. The van der Waals surface area contributed by atoms with Gasteiger partial charge >= 0.3 is 0 Å². The van der Waals surface area contributed by atoms with Crippen LogP contribution in [-0.4, -0.2) is 10.1 Å². The molecule has 0 bridgehead atoms. The fourth-order valence-corrected chi connectivity index (χ4v) is 1.37. The zero-order valence-corrected chi connectivity index (χ0v) is 8.62. The van der Waals surface area contributed by atoms with Crippen molar-refractivity contribution < 1.29 is 4.42 Å². The summed E-state index contributed by atoms with van der Waals surface area (Å²) in [7, 11) is 0. The summed E-state index contributed by atoms with van der Waals surface area (Å²) in [6.07, 6.45) is 3.04. The number of hydrogen-bond donors (Lipinski definition) is 2. The molecule has 0 spiro atoms. The summed E-state index contributed by atoms with van der Waals surface area (Å²) in [6, 6.07) is 7.57. The van der Waals surface area contributed by atoms with Crippen LogP contribution < -0.4 is 11.1 Å². The highest BCUT2D eigenvalue weighted by Crippen LogP contribution is 2.21. The van der Waals surface area contributed by atoms with Crippen molar-refractivity contribution >= 4 is 23.0 Å². The summed E-state index contributed by atoms with van der Waals surface area (Å²) >= 11 is 4.75. The molecular weight excluding hydrogens is 210 g/mol. The fraction of sp³-hybridized carbons (Fsp3) is 0. The van der Waals surface area contributed by atoms with Crippen LogP contribution in [0.1, 0.15) is 0 Å². The first-order valence-electron chi connectivity index (χ1n) is 4.31. The van der Waals surface area contributed by atoms with Crippen LogP contribution in [-0.2, 0) is 0 Å². The van der Waals surface area contributed by atoms with Gasteiger partial charge in [-0.3, -0.25) is 0 Å². The molecule has 5 heteroatoms. The van der Waals surface area contributed by atoms with Gasteiger partial charge in [0.15, 0.2) is 17.3 Å². The third-order valence-corrected chi connectivity index (χ3v) is 1.95. The summed E-state index contributed by atoms with van der Waals surface area (Å²) in [5.74, 6) is 0.710. The number of aromatic nitrogens is 1. The quantitative estimate of drug-likeness (QED) is 0.756. The van der Waals surface area contributed by atoms with Crippen molar-refractivity contribution in [3.8, 4) is 11.3 Å². The van der Waals surface area contributed by atoms with Crippen LogP contribution in [0.4, 0.5) is 5.69 Å². The predicted molar refractivity (Wildman–Crippen MR) is 62.3 cm³/mol. The predicted octanol–water partition coefficient (Wildman–Crippen LogP) is 2.00. The van der Waals surface area contributed by atoms with Crippen molar-refractivity contribution in [3.05, 3.63) is 36.9 Å². The Balaban J connectivity index is 2.31. The molecule has 4 nitrogen and oxygen atoms in total. The minimum absolute atomic E-state index is 0.240. The van der Waals surface area contributed by atoms with Crippen LogP contribution in [0.5, 0.6) is 0 Å². The number of anilines is 1. The van der Waals surface area contributed by atoms with Gasteiger partial charge in [0.2, 0.25) is 0 Å². The lowest BCUT2D eigenvalue weighted by Gasteiger charge is -2.04. The van der Waals surface area contributed by atoms with Crippen molar-refractivity contribution in [1.29, 1.82) is 0 Å². The van der Waals surface area contributed by atoms with Crippen molar-refractivity contribution in [1.82, 2.24) is 4.98 Å². The van der Waals surface area contributed by atoms with E-state index in [1.165, 1.54) is 6.39 Å². The van der Waals surface area contributed by atoms with E-state index in [0.29, 0.717) is 5.76 Å². The number of thiocarbonyl (C=S) groups is 1. The molecule has 1 aromatic heterocycles. The van der Waals surface area contributed by atoms with Gasteiger partial charge in [0.25, 0.3) is 0 Å². The van der Waals surface area contributed by atoms with E-state index in [9.17, 15) is 0 Å². The maximum Gasteiger partial charge on any atom is 0.181 e. The van der Waals surface area contributed by atoms with Gasteiger partial charge in [-0.05, 0) is 24.4 Å². The van der Waals surface area contributed by atoms with E-state index < -0.39 is 0 Å². The average molecular weight is 219 g/mol. The number of nitrogens with two attached hydrogens (primary N) is 1. The number of nitrogens with zero attached hydrogens (tertiary/aromatic N) is 1. The van der Waals surface area contributed by atoms with E-state index in [1.807, 2.05) is 24.3 Å². The van der Waals surface area contributed by atoms with Crippen LogP contribution in [0.2, 0.25) is 0 Å². The summed E-state index contributed by atoms with van der Waals surface area (Å²) in [6.45, 7) is 0. The van der Waals surface area contributed by atoms with Crippen LogP contribution in [0.15, 0.2) is 41.3 Å². The second kappa shape index (κ2) is 4.10. The highest BCUT2D eigenvalue weighted by atomic mass is 32.1. The Hall–Kier alpha value is -1.88. The molecule has 2 rings (SSSR count). The van der Waals surface area contributed by atoms with Gasteiger partial charge in [-0.2, -0.15) is 0 Å². The van der Waals surface area contributed by atoms with Crippen molar-refractivity contribution in [2.45, 2.75) is 0 Å². The van der Waals surface area contributed by atoms with E-state index in [2.05, 4.69) is 10.3 Å². The SMILES string of the molecule is NC(=S)Nc1cccc(-c2cnco2)c1. The van der Waals surface area contributed by atoms with Crippen LogP contribution >= 0.6 is 12.2 Å². The monoisotopic (exact) mass is 219 g/mol. The van der Waals surface area contributed by atoms with Gasteiger partial charge < -0.3 is 15.5 Å². The van der Waals surface area contributed by atoms with E-state index in [4.69, 9.17) is 22.4 Å². The molecule has 0 aliphatic rings. The maximum atomic E-state index is 5.38. The van der Waals surface area contributed by atoms with Gasteiger partial charge in [0.1, 0.15) is 0 Å². The molecule has 0 aliphatic carbocycles. The van der Waals surface area contributed by atoms with Crippen molar-refractivity contribution in [2.24, 2.45) is 5.73 Å². The molecule has 0 saturated heterocycles. The minimum atomic E-state index is 0.240. The summed E-state index contributed by atoms with van der Waals surface area (Å²) in [5, 5.41) is 3.09. The zero-order chi connectivity index (χ0) is 10.7. The molecule has 76 valence electrons. The van der Waals surface area contributed by atoms with Crippen molar-refractivity contribution in [3.63, 3.8) is 0 Å². The molecule has 0 unspecified atom stereocenters. The first-order chi connectivity index (χ1) is 7.25. The lowest BCUT2D eigenvalue weighted by atomic mass is 10.1. The smallest absolute Gasteiger partial charge is 0.181 e. The average Bonchev–Trinajstić information content (AvgIpc) is 2.69. The van der Waals surface area contributed by atoms with Gasteiger partial charge in [-0.25, -0.2) is 4.98 Å². The van der Waals surface area contributed by atoms with E-state index >= 15 is 0 Å². The molecule has 1 heterocycles. The normalized spacial score (nSPS) is 9.87. The number of benzene rings is 1. The lowest BCUT2D eigenvalue weighted by Crippen LogP contribution is -2.18. The van der Waals surface area contributed by atoms with E-state index in [0.717, 1.165) is 11.3 Å². The first-order valence-corrected chi connectivity index (χ1v) is 4.72. The molecule has 0 atom stereocenters. The number of hydrogen-bond acceptors (Lipinski definition) is 3. The van der Waals surface area contributed by atoms with E-state index in [1.54, 1.807) is 6.20 Å². The Labute approximate surface area is 92.1 Å². The second-order valence-electron chi connectivity index (χ2n) is 2.94. The molecule has 1 aromatic carbocycles. The Morgan fingerprint density at radius 3 is 3.00 bits per heavy atom. The molecule has 0 fully saturated rings. The molecule has 0 amide bonds. The number of oxazole rings is 1. The minimum Gasteiger partial charge on any atom is -0.444 e. The molecular formula is C10H9N3OS. The van der Waals surface area contributed by atoms with Gasteiger partial charge in [0, 0.05) is 11.3 Å². The van der Waals surface area contributed by atoms with Crippen LogP contribution in [0, 0.1) is 0 Å². The lowest BCUT2D eigenvalue weighted by molar-refractivity contribution is 0.572. The Kier molecular flexibility index (Phi) is 2.64. The van der Waals surface area contributed by atoms with Crippen molar-refractivity contribution in [2.75, 3.05) is 5.32 Å². The van der Waals surface area contributed by atoms with Gasteiger partial charge in [-0.15, -0.1) is 0 Å². The molecule has 3 N–H and O–H groups in total. The fourth-order valence-electron chi connectivity index (χ4n) is 1.25. The summed E-state index contributed by atoms with van der Waals surface area (Å²) in [5.41, 5.74) is 7.13. The van der Waals surface area contributed by atoms with Gasteiger partial charge in [0.05, 0.1) is 6.20 Å². The Morgan fingerprint density at radius 1 is 1.47 bits per heavy atom. The van der Waals surface area contributed by atoms with Crippen LogP contribution in [0.25, 0.3) is 11.3 Å². The Bertz CT molecular complexity index is 467. The first kappa shape index (κ1) is 9.67. The second-order valence-corrected chi connectivity index (χ2v) is 3.38. The van der Waals surface area contributed by atoms with Gasteiger partial charge in [-0.1, -0.05) is 12.1 Å². The number of nitrogens with one attached hydrogen (secondary N) is 1.